The molecule has 0 aliphatic carbocycles. The third-order valence-corrected chi connectivity index (χ3v) is 5.56. The highest BCUT2D eigenvalue weighted by Crippen LogP contribution is 2.31. The predicted octanol–water partition coefficient (Wildman–Crippen LogP) is 5.16. The van der Waals surface area contributed by atoms with Crippen molar-refractivity contribution in [2.75, 3.05) is 5.88 Å². The van der Waals surface area contributed by atoms with Crippen LogP contribution in [-0.4, -0.2) is 60.6 Å². The zero-order valence-corrected chi connectivity index (χ0v) is 21.1. The molecule has 1 heterocycles. The van der Waals surface area contributed by atoms with Gasteiger partial charge in [-0.15, -0.1) is 11.6 Å². The smallest absolute Gasteiger partial charge is 0.458 e. The SMILES string of the molecule is C[C@H]1O[C@@H](OC(=Nc2ccccc2)C(F)(F)F)[C@H](N=[N+]=[N-])[C@@H](OC(=O)CCl)[C@H]1NC(=O)OCc1ccccc1. The summed E-state index contributed by atoms with van der Waals surface area (Å²) in [5.41, 5.74) is 9.75. The highest BCUT2D eigenvalue weighted by molar-refractivity contribution is 6.26. The van der Waals surface area contributed by atoms with E-state index in [9.17, 15) is 22.8 Å². The molecule has 1 aliphatic heterocycles. The largest absolute Gasteiger partial charge is 0.468 e. The lowest BCUT2D eigenvalue weighted by Gasteiger charge is -2.43. The Bertz CT molecular complexity index is 1200. The monoisotopic (exact) mass is 569 g/mol. The van der Waals surface area contributed by atoms with Crippen molar-refractivity contribution in [2.24, 2.45) is 10.1 Å². The van der Waals surface area contributed by atoms with Crippen LogP contribution in [0.5, 0.6) is 0 Å². The van der Waals surface area contributed by atoms with Crippen LogP contribution in [0.15, 0.2) is 70.8 Å². The minimum atomic E-state index is -5.07. The van der Waals surface area contributed by atoms with Gasteiger partial charge in [0.15, 0.2) is 0 Å². The van der Waals surface area contributed by atoms with Crippen molar-refractivity contribution < 1.29 is 41.7 Å². The van der Waals surface area contributed by atoms with Gasteiger partial charge in [0.2, 0.25) is 6.29 Å². The number of hydrogen-bond acceptors (Lipinski definition) is 8. The van der Waals surface area contributed by atoms with E-state index in [1.807, 2.05) is 0 Å². The maximum Gasteiger partial charge on any atom is 0.468 e. The van der Waals surface area contributed by atoms with Crippen LogP contribution in [-0.2, 0) is 30.3 Å². The molecule has 2 aromatic carbocycles. The van der Waals surface area contributed by atoms with Gasteiger partial charge in [0.25, 0.3) is 5.90 Å². The Kier molecular flexibility index (Phi) is 10.4. The highest BCUT2D eigenvalue weighted by Gasteiger charge is 2.51. The Balaban J connectivity index is 1.87. The molecular weight excluding hydrogens is 547 g/mol. The molecule has 1 saturated heterocycles. The van der Waals surface area contributed by atoms with Gasteiger partial charge in [-0.3, -0.25) is 4.79 Å². The first-order valence-electron chi connectivity index (χ1n) is 11.4. The molecule has 2 aromatic rings. The molecule has 1 amide bonds. The van der Waals surface area contributed by atoms with Crippen LogP contribution in [0.4, 0.5) is 23.7 Å². The average molecular weight is 570 g/mol. The van der Waals surface area contributed by atoms with E-state index in [1.54, 1.807) is 36.4 Å². The maximum absolute atomic E-state index is 13.8. The summed E-state index contributed by atoms with van der Waals surface area (Å²) < 4.78 is 62.6. The maximum atomic E-state index is 13.8. The third kappa shape index (κ3) is 8.50. The second kappa shape index (κ2) is 13.7. The number of azide groups is 1. The Morgan fingerprint density at radius 3 is 2.33 bits per heavy atom. The molecule has 1 fully saturated rings. The molecule has 5 atom stereocenters. The first-order chi connectivity index (χ1) is 18.6. The molecule has 11 nitrogen and oxygen atoms in total. The van der Waals surface area contributed by atoms with Gasteiger partial charge in [-0.05, 0) is 30.2 Å². The van der Waals surface area contributed by atoms with E-state index in [0.29, 0.717) is 5.56 Å². The fraction of sp³-hybridized carbons (Fsp3) is 0.375. The average Bonchev–Trinajstić information content (AvgIpc) is 2.91. The summed E-state index contributed by atoms with van der Waals surface area (Å²) in [5, 5.41) is 5.91. The molecule has 1 aliphatic rings. The van der Waals surface area contributed by atoms with Gasteiger partial charge in [-0.2, -0.15) is 13.2 Å². The molecule has 39 heavy (non-hydrogen) atoms. The number of nitrogens with one attached hydrogen (secondary N) is 1. The van der Waals surface area contributed by atoms with Crippen LogP contribution < -0.4 is 5.32 Å². The molecule has 0 spiro atoms. The molecule has 0 bridgehead atoms. The molecule has 0 radical (unpaired) electrons. The lowest BCUT2D eigenvalue weighted by atomic mass is 9.95. The minimum absolute atomic E-state index is 0.0696. The highest BCUT2D eigenvalue weighted by atomic mass is 35.5. The van der Waals surface area contributed by atoms with Crippen molar-refractivity contribution in [2.45, 2.75) is 50.3 Å². The summed E-state index contributed by atoms with van der Waals surface area (Å²) in [6.45, 7) is 1.28. The number of alkyl carbamates (subject to hydrolysis) is 1. The zero-order chi connectivity index (χ0) is 28.4. The zero-order valence-electron chi connectivity index (χ0n) is 20.3. The van der Waals surface area contributed by atoms with Crippen molar-refractivity contribution >= 4 is 35.2 Å². The topological polar surface area (TPSA) is 144 Å². The summed E-state index contributed by atoms with van der Waals surface area (Å²) >= 11 is 5.55. The Morgan fingerprint density at radius 2 is 1.74 bits per heavy atom. The van der Waals surface area contributed by atoms with Gasteiger partial charge in [-0.25, -0.2) is 9.79 Å². The quantitative estimate of drug-likeness (QED) is 0.0883. The Labute approximate surface area is 225 Å². The summed E-state index contributed by atoms with van der Waals surface area (Å²) in [6.07, 6.45) is -10.6. The number of benzene rings is 2. The lowest BCUT2D eigenvalue weighted by molar-refractivity contribution is -0.218. The number of carbonyl (C=O) groups excluding carboxylic acids is 2. The van der Waals surface area contributed by atoms with Crippen molar-refractivity contribution in [3.05, 3.63) is 76.7 Å². The first kappa shape index (κ1) is 29.6. The summed E-state index contributed by atoms with van der Waals surface area (Å²) in [4.78, 5) is 30.8. The van der Waals surface area contributed by atoms with Crippen LogP contribution >= 0.6 is 11.6 Å². The number of ether oxygens (including phenoxy) is 4. The van der Waals surface area contributed by atoms with Gasteiger partial charge < -0.3 is 24.3 Å². The molecule has 15 heteroatoms. The number of rotatable bonds is 8. The minimum Gasteiger partial charge on any atom is -0.458 e. The number of esters is 1. The number of nitrogens with zero attached hydrogens (tertiary/aromatic N) is 4. The van der Waals surface area contributed by atoms with E-state index in [2.05, 4.69) is 20.3 Å². The van der Waals surface area contributed by atoms with Gasteiger partial charge >= 0.3 is 18.2 Å². The molecule has 1 N–H and O–H groups in total. The van der Waals surface area contributed by atoms with E-state index in [-0.39, 0.29) is 12.3 Å². The van der Waals surface area contributed by atoms with Gasteiger partial charge in [0, 0.05) is 4.91 Å². The Morgan fingerprint density at radius 1 is 1.10 bits per heavy atom. The normalized spacial score (nSPS) is 23.2. The van der Waals surface area contributed by atoms with Gasteiger partial charge in [-0.1, -0.05) is 53.6 Å². The van der Waals surface area contributed by atoms with Crippen molar-refractivity contribution in [1.29, 1.82) is 0 Å². The lowest BCUT2D eigenvalue weighted by Crippen LogP contribution is -2.64. The van der Waals surface area contributed by atoms with E-state index < -0.39 is 60.6 Å². The molecule has 0 saturated carbocycles. The van der Waals surface area contributed by atoms with Crippen molar-refractivity contribution in [3.8, 4) is 0 Å². The van der Waals surface area contributed by atoms with Crippen LogP contribution in [0.25, 0.3) is 10.4 Å². The molecule has 3 rings (SSSR count). The molecule has 0 aromatic heterocycles. The van der Waals surface area contributed by atoms with E-state index in [0.717, 1.165) is 0 Å². The standard InChI is InChI=1S/C24H23ClF3N5O6/c1-14-18(31-23(35)36-13-15-8-4-2-5-9-15)20(38-17(34)12-25)19(32-33-29)21(37-14)39-22(24(26,27)28)30-16-10-6-3-7-11-16/h2-11,14,18-21H,12-13H2,1H3,(H,31,35)/t14-,18+,19-,20+,21+/m1/s1. The van der Waals surface area contributed by atoms with E-state index in [4.69, 9.17) is 36.1 Å². The van der Waals surface area contributed by atoms with Crippen LogP contribution in [0, 0.1) is 0 Å². The number of aliphatic imine (C=N–C) groups is 1. The van der Waals surface area contributed by atoms with Gasteiger partial charge in [0.05, 0.1) is 17.8 Å². The number of hydrogen-bond donors (Lipinski definition) is 1. The van der Waals surface area contributed by atoms with Crippen LogP contribution in [0.3, 0.4) is 0 Å². The summed E-state index contributed by atoms with van der Waals surface area (Å²) in [7, 11) is 0. The fourth-order valence-electron chi connectivity index (χ4n) is 3.60. The first-order valence-corrected chi connectivity index (χ1v) is 12.0. The fourth-order valence-corrected chi connectivity index (χ4v) is 3.66. The second-order valence-electron chi connectivity index (χ2n) is 8.09. The number of halogens is 4. The molecular formula is C24H23ClF3N5O6. The number of para-hydroxylation sites is 1. The Hall–Kier alpha value is -4.00. The third-order valence-electron chi connectivity index (χ3n) is 5.34. The predicted molar refractivity (Wildman–Crippen MR) is 132 cm³/mol. The van der Waals surface area contributed by atoms with Crippen LogP contribution in [0.2, 0.25) is 0 Å². The van der Waals surface area contributed by atoms with Crippen molar-refractivity contribution in [3.63, 3.8) is 0 Å². The van der Waals surface area contributed by atoms with E-state index in [1.165, 1.54) is 31.2 Å². The molecule has 208 valence electrons. The van der Waals surface area contributed by atoms with Crippen molar-refractivity contribution in [1.82, 2.24) is 5.32 Å². The molecule has 0 unspecified atom stereocenters. The van der Waals surface area contributed by atoms with E-state index >= 15 is 0 Å². The number of carbonyl (C=O) groups is 2. The summed E-state index contributed by atoms with van der Waals surface area (Å²) in [6, 6.07) is 13.0. The second-order valence-corrected chi connectivity index (χ2v) is 8.36. The summed E-state index contributed by atoms with van der Waals surface area (Å²) in [5.74, 6) is -3.32. The van der Waals surface area contributed by atoms with Gasteiger partial charge in [0.1, 0.15) is 24.6 Å². The number of amides is 1. The number of alkyl halides is 4. The van der Waals surface area contributed by atoms with Crippen LogP contribution in [0.1, 0.15) is 12.5 Å².